The zero-order valence-corrected chi connectivity index (χ0v) is 14.7. The Balaban J connectivity index is 2.16. The summed E-state index contributed by atoms with van der Waals surface area (Å²) in [5, 5.41) is 0. The maximum Gasteiger partial charge on any atom is 0.416 e. The Bertz CT molecular complexity index is 601. The summed E-state index contributed by atoms with van der Waals surface area (Å²) in [6.45, 7) is 7.07. The van der Waals surface area contributed by atoms with Crippen LogP contribution in [-0.4, -0.2) is 11.6 Å². The first-order valence-electron chi connectivity index (χ1n) is 8.43. The second kappa shape index (κ2) is 6.77. The molecule has 1 aromatic carbocycles. The van der Waals surface area contributed by atoms with E-state index in [2.05, 4.69) is 0 Å². The lowest BCUT2D eigenvalue weighted by molar-refractivity contribution is -0.162. The van der Waals surface area contributed by atoms with Crippen LogP contribution in [0.2, 0.25) is 0 Å². The summed E-state index contributed by atoms with van der Waals surface area (Å²) in [7, 11) is 0. The Morgan fingerprint density at radius 2 is 1.75 bits per heavy atom. The van der Waals surface area contributed by atoms with Gasteiger partial charge in [-0.05, 0) is 63.1 Å². The maximum atomic E-state index is 13.0. The average Bonchev–Trinajstić information content (AvgIpc) is 2.90. The summed E-state index contributed by atoms with van der Waals surface area (Å²) in [5.74, 6) is -1.17. The second-order valence-corrected chi connectivity index (χ2v) is 7.29. The molecule has 1 aliphatic rings. The van der Waals surface area contributed by atoms with Crippen LogP contribution in [0.1, 0.15) is 69.1 Å². The highest BCUT2D eigenvalue weighted by molar-refractivity contribution is 5.73. The van der Waals surface area contributed by atoms with E-state index in [4.69, 9.17) is 4.74 Å². The zero-order valence-electron chi connectivity index (χ0n) is 14.7. The van der Waals surface area contributed by atoms with Gasteiger partial charge in [-0.2, -0.15) is 13.2 Å². The molecular weight excluding hydrogens is 317 g/mol. The molecular formula is C19H25F3O2. The third-order valence-electron chi connectivity index (χ3n) is 5.08. The van der Waals surface area contributed by atoms with E-state index in [1.165, 1.54) is 0 Å². The van der Waals surface area contributed by atoms with Crippen LogP contribution < -0.4 is 0 Å². The highest BCUT2D eigenvalue weighted by Gasteiger charge is 2.36. The van der Waals surface area contributed by atoms with Crippen LogP contribution in [0.3, 0.4) is 0 Å². The molecule has 1 aliphatic carbocycles. The van der Waals surface area contributed by atoms with Crippen molar-refractivity contribution in [3.05, 3.63) is 34.9 Å². The van der Waals surface area contributed by atoms with Crippen molar-refractivity contribution in [3.63, 3.8) is 0 Å². The van der Waals surface area contributed by atoms with Gasteiger partial charge in [0.2, 0.25) is 0 Å². The number of hydrogen-bond donors (Lipinski definition) is 0. The van der Waals surface area contributed by atoms with Crippen molar-refractivity contribution < 1.29 is 22.7 Å². The molecule has 2 nitrogen and oxygen atoms in total. The topological polar surface area (TPSA) is 26.3 Å². The lowest BCUT2D eigenvalue weighted by Gasteiger charge is -2.28. The normalized spacial score (nSPS) is 19.8. The van der Waals surface area contributed by atoms with E-state index in [1.807, 2.05) is 6.92 Å². The second-order valence-electron chi connectivity index (χ2n) is 7.29. The van der Waals surface area contributed by atoms with Gasteiger partial charge in [0.1, 0.15) is 5.60 Å². The predicted molar refractivity (Wildman–Crippen MR) is 86.7 cm³/mol. The van der Waals surface area contributed by atoms with E-state index in [-0.39, 0.29) is 11.9 Å². The van der Waals surface area contributed by atoms with Gasteiger partial charge in [-0.25, -0.2) is 0 Å². The molecule has 0 amide bonds. The van der Waals surface area contributed by atoms with Gasteiger partial charge >= 0.3 is 12.1 Å². The van der Waals surface area contributed by atoms with Crippen LogP contribution in [0.15, 0.2) is 18.2 Å². The average molecular weight is 342 g/mol. The minimum Gasteiger partial charge on any atom is -0.459 e. The quantitative estimate of drug-likeness (QED) is 0.663. The molecule has 24 heavy (non-hydrogen) atoms. The SMILES string of the molecule is Cc1cc(C(C)C(C)C(=O)OC2(C)CCCC2)cc(C(F)(F)F)c1. The number of halogens is 3. The Morgan fingerprint density at radius 3 is 2.29 bits per heavy atom. The molecule has 1 saturated carbocycles. The highest BCUT2D eigenvalue weighted by Crippen LogP contribution is 2.37. The van der Waals surface area contributed by atoms with Gasteiger partial charge < -0.3 is 4.74 Å². The van der Waals surface area contributed by atoms with Gasteiger partial charge in [0, 0.05) is 0 Å². The van der Waals surface area contributed by atoms with E-state index in [0.29, 0.717) is 11.1 Å². The third kappa shape index (κ3) is 4.31. The molecule has 5 heteroatoms. The fraction of sp³-hybridized carbons (Fsp3) is 0.632. The first kappa shape index (κ1) is 18.8. The summed E-state index contributed by atoms with van der Waals surface area (Å²) in [6, 6.07) is 3.97. The Labute approximate surface area is 141 Å². The highest BCUT2D eigenvalue weighted by atomic mass is 19.4. The van der Waals surface area contributed by atoms with Crippen LogP contribution in [0.4, 0.5) is 13.2 Å². The molecule has 0 aromatic heterocycles. The van der Waals surface area contributed by atoms with Crippen molar-refractivity contribution in [1.29, 1.82) is 0 Å². The van der Waals surface area contributed by atoms with E-state index >= 15 is 0 Å². The van der Waals surface area contributed by atoms with Gasteiger partial charge in [-0.3, -0.25) is 4.79 Å². The molecule has 2 rings (SSSR count). The van der Waals surface area contributed by atoms with Crippen molar-refractivity contribution in [2.45, 2.75) is 71.1 Å². The minimum absolute atomic E-state index is 0.332. The molecule has 0 heterocycles. The fourth-order valence-electron chi connectivity index (χ4n) is 3.29. The Hall–Kier alpha value is -1.52. The van der Waals surface area contributed by atoms with Crippen LogP contribution in [-0.2, 0) is 15.7 Å². The van der Waals surface area contributed by atoms with Crippen LogP contribution in [0, 0.1) is 12.8 Å². The lowest BCUT2D eigenvalue weighted by atomic mass is 9.87. The Kier molecular flexibility index (Phi) is 5.31. The van der Waals surface area contributed by atoms with Crippen molar-refractivity contribution in [3.8, 4) is 0 Å². The number of ether oxygens (including phenoxy) is 1. The summed E-state index contributed by atoms with van der Waals surface area (Å²) >= 11 is 0. The lowest BCUT2D eigenvalue weighted by Crippen LogP contribution is -2.32. The molecule has 2 atom stereocenters. The molecule has 0 N–H and O–H groups in total. The molecule has 0 aliphatic heterocycles. The van der Waals surface area contributed by atoms with E-state index in [9.17, 15) is 18.0 Å². The van der Waals surface area contributed by atoms with Crippen molar-refractivity contribution >= 4 is 5.97 Å². The summed E-state index contributed by atoms with van der Waals surface area (Å²) in [5.41, 5.74) is -0.0413. The zero-order chi connectivity index (χ0) is 18.1. The number of benzene rings is 1. The largest absolute Gasteiger partial charge is 0.459 e. The standard InChI is InChI=1S/C19H25F3O2/c1-12-9-15(11-16(10-12)19(20,21)22)13(2)14(3)17(23)24-18(4)7-5-6-8-18/h9-11,13-14H,5-8H2,1-4H3. The summed E-state index contributed by atoms with van der Waals surface area (Å²) in [4.78, 5) is 12.4. The first-order valence-corrected chi connectivity index (χ1v) is 8.43. The molecule has 134 valence electrons. The van der Waals surface area contributed by atoms with E-state index in [1.54, 1.807) is 26.8 Å². The smallest absolute Gasteiger partial charge is 0.416 e. The molecule has 1 aromatic rings. The van der Waals surface area contributed by atoms with E-state index in [0.717, 1.165) is 37.8 Å². The van der Waals surface area contributed by atoms with Gasteiger partial charge in [0.05, 0.1) is 11.5 Å². The summed E-state index contributed by atoms with van der Waals surface area (Å²) < 4.78 is 44.7. The number of aryl methyl sites for hydroxylation is 1. The van der Waals surface area contributed by atoms with Crippen molar-refractivity contribution in [2.75, 3.05) is 0 Å². The molecule has 0 radical (unpaired) electrons. The van der Waals surface area contributed by atoms with Gasteiger partial charge in [-0.1, -0.05) is 25.5 Å². The van der Waals surface area contributed by atoms with Crippen molar-refractivity contribution in [2.24, 2.45) is 5.92 Å². The van der Waals surface area contributed by atoms with Crippen LogP contribution in [0.5, 0.6) is 0 Å². The maximum absolute atomic E-state index is 13.0. The number of carbonyl (C=O) groups excluding carboxylic acids is 1. The summed E-state index contributed by atoms with van der Waals surface area (Å²) in [6.07, 6.45) is -0.604. The molecule has 0 bridgehead atoms. The van der Waals surface area contributed by atoms with Gasteiger partial charge in [0.25, 0.3) is 0 Å². The van der Waals surface area contributed by atoms with Gasteiger partial charge in [0.15, 0.2) is 0 Å². The molecule has 1 fully saturated rings. The van der Waals surface area contributed by atoms with Crippen LogP contribution in [0.25, 0.3) is 0 Å². The number of hydrogen-bond acceptors (Lipinski definition) is 2. The number of esters is 1. The van der Waals surface area contributed by atoms with E-state index < -0.39 is 23.3 Å². The molecule has 2 unspecified atom stereocenters. The predicted octanol–water partition coefficient (Wildman–Crippen LogP) is 5.63. The monoisotopic (exact) mass is 342 g/mol. The minimum atomic E-state index is -4.39. The molecule has 0 spiro atoms. The fourth-order valence-corrected chi connectivity index (χ4v) is 3.29. The number of alkyl halides is 3. The third-order valence-corrected chi connectivity index (χ3v) is 5.08. The van der Waals surface area contributed by atoms with Crippen molar-refractivity contribution in [1.82, 2.24) is 0 Å². The number of carbonyl (C=O) groups is 1. The number of rotatable bonds is 4. The Morgan fingerprint density at radius 1 is 1.17 bits per heavy atom. The first-order chi connectivity index (χ1) is 11.0. The van der Waals surface area contributed by atoms with Gasteiger partial charge in [-0.15, -0.1) is 0 Å². The molecule has 0 saturated heterocycles. The van der Waals surface area contributed by atoms with Crippen LogP contribution >= 0.6 is 0 Å².